The molecular weight excluding hydrogens is 244 g/mol. The predicted molar refractivity (Wildman–Crippen MR) is 79.0 cm³/mol. The van der Waals surface area contributed by atoms with Crippen molar-refractivity contribution >= 4 is 23.0 Å². The van der Waals surface area contributed by atoms with Gasteiger partial charge in [0.05, 0.1) is 0 Å². The summed E-state index contributed by atoms with van der Waals surface area (Å²) in [5.41, 5.74) is 6.54. The Morgan fingerprint density at radius 3 is 2.78 bits per heavy atom. The van der Waals surface area contributed by atoms with Crippen LogP contribution in [-0.4, -0.2) is 48.1 Å². The largest absolute Gasteiger partial charge is 0.389 e. The molecule has 1 aliphatic heterocycles. The highest BCUT2D eigenvalue weighted by molar-refractivity contribution is 7.80. The maximum atomic E-state index is 5.66. The number of anilines is 1. The fourth-order valence-corrected chi connectivity index (χ4v) is 2.46. The van der Waals surface area contributed by atoms with E-state index in [2.05, 4.69) is 28.9 Å². The third kappa shape index (κ3) is 2.97. The fraction of sp³-hybridized carbons (Fsp3) is 0.538. The molecule has 2 rings (SSSR count). The third-order valence-electron chi connectivity index (χ3n) is 3.63. The van der Waals surface area contributed by atoms with E-state index in [1.165, 1.54) is 12.8 Å². The van der Waals surface area contributed by atoms with Crippen LogP contribution in [0.1, 0.15) is 18.4 Å². The van der Waals surface area contributed by atoms with E-state index in [9.17, 15) is 0 Å². The molecule has 0 atom stereocenters. The number of nitrogens with zero attached hydrogens (tertiary/aromatic N) is 3. The van der Waals surface area contributed by atoms with Gasteiger partial charge in [0.1, 0.15) is 10.8 Å². The molecule has 0 aromatic carbocycles. The van der Waals surface area contributed by atoms with Crippen LogP contribution in [0.4, 0.5) is 5.82 Å². The van der Waals surface area contributed by atoms with Gasteiger partial charge in [-0.2, -0.15) is 0 Å². The Hall–Kier alpha value is -1.20. The molecule has 1 fully saturated rings. The van der Waals surface area contributed by atoms with Crippen LogP contribution in [0.15, 0.2) is 18.3 Å². The summed E-state index contributed by atoms with van der Waals surface area (Å²) in [5.74, 6) is 0.954. The van der Waals surface area contributed by atoms with Crippen molar-refractivity contribution in [3.8, 4) is 0 Å². The first-order chi connectivity index (χ1) is 8.58. The van der Waals surface area contributed by atoms with Crippen molar-refractivity contribution in [1.29, 1.82) is 0 Å². The van der Waals surface area contributed by atoms with Crippen LogP contribution >= 0.6 is 12.2 Å². The number of nitrogens with two attached hydrogens (primary N) is 1. The third-order valence-corrected chi connectivity index (χ3v) is 3.86. The summed E-state index contributed by atoms with van der Waals surface area (Å²) in [6.45, 7) is 2.29. The number of rotatable bonds is 3. The number of pyridine rings is 1. The molecule has 2 heterocycles. The molecule has 0 radical (unpaired) electrons. The van der Waals surface area contributed by atoms with Gasteiger partial charge in [-0.1, -0.05) is 12.2 Å². The fourth-order valence-electron chi connectivity index (χ4n) is 2.33. The second-order valence-corrected chi connectivity index (χ2v) is 5.35. The Labute approximate surface area is 114 Å². The molecule has 1 aromatic rings. The summed E-state index contributed by atoms with van der Waals surface area (Å²) >= 11 is 5.00. The van der Waals surface area contributed by atoms with E-state index in [0.29, 0.717) is 11.0 Å². The van der Waals surface area contributed by atoms with E-state index in [0.717, 1.165) is 24.5 Å². The summed E-state index contributed by atoms with van der Waals surface area (Å²) in [7, 11) is 4.27. The summed E-state index contributed by atoms with van der Waals surface area (Å²) in [6, 6.07) is 4.38. The van der Waals surface area contributed by atoms with E-state index in [1.807, 2.05) is 12.1 Å². The first-order valence-corrected chi connectivity index (χ1v) is 6.66. The van der Waals surface area contributed by atoms with E-state index in [1.54, 1.807) is 6.20 Å². The lowest BCUT2D eigenvalue weighted by molar-refractivity contribution is 0.252. The SMILES string of the molecule is CN1CCC(N(C)c2cc(C(N)=S)ccn2)CC1. The molecule has 1 saturated heterocycles. The van der Waals surface area contributed by atoms with Gasteiger partial charge in [-0.3, -0.25) is 0 Å². The van der Waals surface area contributed by atoms with E-state index < -0.39 is 0 Å². The average molecular weight is 264 g/mol. The highest BCUT2D eigenvalue weighted by Gasteiger charge is 2.21. The molecule has 4 nitrogen and oxygen atoms in total. The smallest absolute Gasteiger partial charge is 0.129 e. The second-order valence-electron chi connectivity index (χ2n) is 4.91. The standard InChI is InChI=1S/C13H20N4S/c1-16-7-4-11(5-8-16)17(2)12-9-10(13(14)18)3-6-15-12/h3,6,9,11H,4-5,7-8H2,1-2H3,(H2,14,18). The Balaban J connectivity index is 2.10. The quantitative estimate of drug-likeness (QED) is 0.832. The van der Waals surface area contributed by atoms with Crippen LogP contribution < -0.4 is 10.6 Å². The van der Waals surface area contributed by atoms with Gasteiger partial charge in [0.25, 0.3) is 0 Å². The maximum absolute atomic E-state index is 5.66. The lowest BCUT2D eigenvalue weighted by Crippen LogP contribution is -2.42. The summed E-state index contributed by atoms with van der Waals surface area (Å²) < 4.78 is 0. The zero-order chi connectivity index (χ0) is 13.1. The van der Waals surface area contributed by atoms with Crippen molar-refractivity contribution in [2.24, 2.45) is 5.73 Å². The number of likely N-dealkylation sites (tertiary alicyclic amines) is 1. The lowest BCUT2D eigenvalue weighted by atomic mass is 10.0. The zero-order valence-electron chi connectivity index (χ0n) is 11.0. The van der Waals surface area contributed by atoms with Gasteiger partial charge in [0, 0.05) is 24.8 Å². The topological polar surface area (TPSA) is 45.4 Å². The summed E-state index contributed by atoms with van der Waals surface area (Å²) in [6.07, 6.45) is 4.12. The Morgan fingerprint density at radius 1 is 1.50 bits per heavy atom. The minimum absolute atomic E-state index is 0.426. The molecule has 1 aliphatic rings. The highest BCUT2D eigenvalue weighted by atomic mass is 32.1. The van der Waals surface area contributed by atoms with E-state index >= 15 is 0 Å². The molecule has 1 aromatic heterocycles. The molecule has 5 heteroatoms. The number of thiocarbonyl (C=S) groups is 1. The van der Waals surface area contributed by atoms with Crippen LogP contribution in [0.5, 0.6) is 0 Å². The summed E-state index contributed by atoms with van der Waals surface area (Å²) in [4.78, 5) is 9.45. The maximum Gasteiger partial charge on any atom is 0.129 e. The zero-order valence-corrected chi connectivity index (χ0v) is 11.8. The average Bonchev–Trinajstić information content (AvgIpc) is 2.39. The van der Waals surface area contributed by atoms with Crippen LogP contribution in [0, 0.1) is 0 Å². The molecule has 0 unspecified atom stereocenters. The van der Waals surface area contributed by atoms with Crippen LogP contribution in [0.2, 0.25) is 0 Å². The Morgan fingerprint density at radius 2 is 2.17 bits per heavy atom. The van der Waals surface area contributed by atoms with Crippen molar-refractivity contribution in [2.45, 2.75) is 18.9 Å². The van der Waals surface area contributed by atoms with Crippen molar-refractivity contribution < 1.29 is 0 Å². The molecule has 0 saturated carbocycles. The van der Waals surface area contributed by atoms with Crippen molar-refractivity contribution in [2.75, 3.05) is 32.1 Å². The first-order valence-electron chi connectivity index (χ1n) is 6.25. The van der Waals surface area contributed by atoms with E-state index in [-0.39, 0.29) is 0 Å². The van der Waals surface area contributed by atoms with Crippen molar-refractivity contribution in [1.82, 2.24) is 9.88 Å². The van der Waals surface area contributed by atoms with Gasteiger partial charge < -0.3 is 15.5 Å². The first kappa shape index (κ1) is 13.2. The number of piperidine rings is 1. The molecule has 0 amide bonds. The highest BCUT2D eigenvalue weighted by Crippen LogP contribution is 2.20. The van der Waals surface area contributed by atoms with Gasteiger partial charge in [-0.05, 0) is 45.1 Å². The number of aromatic nitrogens is 1. The van der Waals surface area contributed by atoms with Crippen LogP contribution in [0.3, 0.4) is 0 Å². The second kappa shape index (κ2) is 5.63. The monoisotopic (exact) mass is 264 g/mol. The normalized spacial score (nSPS) is 17.7. The minimum atomic E-state index is 0.426. The van der Waals surface area contributed by atoms with E-state index in [4.69, 9.17) is 18.0 Å². The summed E-state index contributed by atoms with van der Waals surface area (Å²) in [5, 5.41) is 0. The number of hydrogen-bond donors (Lipinski definition) is 1. The molecule has 0 aliphatic carbocycles. The van der Waals surface area contributed by atoms with Crippen LogP contribution in [0.25, 0.3) is 0 Å². The Kier molecular flexibility index (Phi) is 4.14. The molecule has 0 bridgehead atoms. The van der Waals surface area contributed by atoms with Crippen LogP contribution in [-0.2, 0) is 0 Å². The molecule has 98 valence electrons. The van der Waals surface area contributed by atoms with Crippen molar-refractivity contribution in [3.05, 3.63) is 23.9 Å². The predicted octanol–water partition coefficient (Wildman–Crippen LogP) is 1.25. The van der Waals surface area contributed by atoms with Gasteiger partial charge in [-0.15, -0.1) is 0 Å². The Bertz CT molecular complexity index is 427. The molecule has 0 spiro atoms. The van der Waals surface area contributed by atoms with Gasteiger partial charge in [0.2, 0.25) is 0 Å². The lowest BCUT2D eigenvalue weighted by Gasteiger charge is -2.35. The van der Waals surface area contributed by atoms with Gasteiger partial charge in [0.15, 0.2) is 0 Å². The minimum Gasteiger partial charge on any atom is -0.389 e. The van der Waals surface area contributed by atoms with Gasteiger partial charge in [-0.25, -0.2) is 4.98 Å². The number of hydrogen-bond acceptors (Lipinski definition) is 4. The molecule has 2 N–H and O–H groups in total. The molecular formula is C13H20N4S. The molecule has 18 heavy (non-hydrogen) atoms. The van der Waals surface area contributed by atoms with Gasteiger partial charge >= 0.3 is 0 Å². The van der Waals surface area contributed by atoms with Crippen molar-refractivity contribution in [3.63, 3.8) is 0 Å².